The summed E-state index contributed by atoms with van der Waals surface area (Å²) in [6.07, 6.45) is 1.83. The first-order chi connectivity index (χ1) is 19.4. The first-order valence-corrected chi connectivity index (χ1v) is 15.6. The lowest BCUT2D eigenvalue weighted by Crippen LogP contribution is -2.53. The molecule has 218 valence electrons. The van der Waals surface area contributed by atoms with E-state index in [0.29, 0.717) is 18.5 Å². The lowest BCUT2D eigenvalue weighted by molar-refractivity contribution is -0.384. The van der Waals surface area contributed by atoms with Gasteiger partial charge in [0, 0.05) is 36.1 Å². The predicted octanol–water partition coefficient (Wildman–Crippen LogP) is 4.60. The Labute approximate surface area is 248 Å². The van der Waals surface area contributed by atoms with Gasteiger partial charge in [-0.1, -0.05) is 71.4 Å². The van der Waals surface area contributed by atoms with Crippen LogP contribution in [0.25, 0.3) is 0 Å². The van der Waals surface area contributed by atoms with Crippen molar-refractivity contribution in [1.82, 2.24) is 10.2 Å². The van der Waals surface area contributed by atoms with Gasteiger partial charge < -0.3 is 10.2 Å². The number of nitro benzene ring substituents is 1. The van der Waals surface area contributed by atoms with Crippen LogP contribution in [0, 0.1) is 17.0 Å². The molecule has 12 heteroatoms. The van der Waals surface area contributed by atoms with Gasteiger partial charge in [-0.15, -0.1) is 0 Å². The molecule has 0 unspecified atom stereocenters. The van der Waals surface area contributed by atoms with Gasteiger partial charge >= 0.3 is 0 Å². The molecule has 0 bridgehead atoms. The molecule has 3 aromatic rings. The number of non-ortho nitro benzene ring substituents is 1. The molecule has 0 radical (unpaired) electrons. The monoisotopic (exact) mass is 644 g/mol. The number of halogens is 1. The summed E-state index contributed by atoms with van der Waals surface area (Å²) in [7, 11) is -4.05. The Morgan fingerprint density at radius 1 is 1.02 bits per heavy atom. The highest BCUT2D eigenvalue weighted by atomic mass is 79.9. The zero-order chi connectivity index (χ0) is 30.2. The van der Waals surface area contributed by atoms with Crippen molar-refractivity contribution in [1.29, 1.82) is 0 Å². The number of aryl methyl sites for hydroxylation is 1. The summed E-state index contributed by atoms with van der Waals surface area (Å²) in [5.74, 6) is -0.995. The van der Waals surface area contributed by atoms with Crippen molar-refractivity contribution < 1.29 is 22.9 Å². The van der Waals surface area contributed by atoms with E-state index in [-0.39, 0.29) is 30.2 Å². The van der Waals surface area contributed by atoms with E-state index in [1.807, 2.05) is 55.5 Å². The van der Waals surface area contributed by atoms with Crippen LogP contribution in [0.5, 0.6) is 0 Å². The van der Waals surface area contributed by atoms with Crippen molar-refractivity contribution in [2.24, 2.45) is 0 Å². The van der Waals surface area contributed by atoms with Crippen molar-refractivity contribution in [2.75, 3.05) is 23.7 Å². The normalized spacial score (nSPS) is 11.9. The van der Waals surface area contributed by atoms with Gasteiger partial charge in [-0.05, 0) is 42.2 Å². The molecular weight excluding hydrogens is 612 g/mol. The van der Waals surface area contributed by atoms with Crippen LogP contribution >= 0.6 is 15.9 Å². The average molecular weight is 646 g/mol. The minimum Gasteiger partial charge on any atom is -0.354 e. The van der Waals surface area contributed by atoms with Gasteiger partial charge in [-0.3, -0.25) is 24.0 Å². The van der Waals surface area contributed by atoms with Crippen molar-refractivity contribution in [3.63, 3.8) is 0 Å². The number of carbonyl (C=O) groups is 2. The minimum atomic E-state index is -4.05. The third kappa shape index (κ3) is 8.86. The fourth-order valence-corrected chi connectivity index (χ4v) is 5.67. The molecule has 3 aromatic carbocycles. The maximum absolute atomic E-state index is 14.1. The quantitative estimate of drug-likeness (QED) is 0.214. The number of hydrogen-bond donors (Lipinski definition) is 1. The van der Waals surface area contributed by atoms with Crippen LogP contribution < -0.4 is 9.62 Å². The van der Waals surface area contributed by atoms with Gasteiger partial charge in [0.25, 0.3) is 5.69 Å². The Morgan fingerprint density at radius 3 is 2.32 bits per heavy atom. The minimum absolute atomic E-state index is 0.0208. The summed E-state index contributed by atoms with van der Waals surface area (Å²) in [6.45, 7) is 3.31. The number of hydrogen-bond acceptors (Lipinski definition) is 6. The summed E-state index contributed by atoms with van der Waals surface area (Å²) in [5.41, 5.74) is 1.71. The number of rotatable bonds is 13. The second kappa shape index (κ2) is 14.2. The van der Waals surface area contributed by atoms with E-state index in [2.05, 4.69) is 21.2 Å². The van der Waals surface area contributed by atoms with Crippen molar-refractivity contribution in [2.45, 2.75) is 39.3 Å². The van der Waals surface area contributed by atoms with E-state index in [4.69, 9.17) is 0 Å². The van der Waals surface area contributed by atoms with Crippen molar-refractivity contribution >= 4 is 49.1 Å². The van der Waals surface area contributed by atoms with Gasteiger partial charge in [0.2, 0.25) is 21.8 Å². The van der Waals surface area contributed by atoms with Crippen LogP contribution in [0.1, 0.15) is 30.0 Å². The molecule has 0 spiro atoms. The topological polar surface area (TPSA) is 130 Å². The molecule has 41 heavy (non-hydrogen) atoms. The van der Waals surface area contributed by atoms with Crippen LogP contribution in [-0.4, -0.2) is 55.4 Å². The number of carbonyl (C=O) groups excluding carboxylic acids is 2. The maximum atomic E-state index is 14.1. The third-order valence-electron chi connectivity index (χ3n) is 6.41. The van der Waals surface area contributed by atoms with Crippen molar-refractivity contribution in [3.8, 4) is 0 Å². The molecule has 0 aliphatic carbocycles. The summed E-state index contributed by atoms with van der Waals surface area (Å²) in [4.78, 5) is 39.8. The Balaban J connectivity index is 2.09. The first-order valence-electron chi connectivity index (χ1n) is 13.0. The first kappa shape index (κ1) is 31.8. The molecule has 0 aliphatic heterocycles. The zero-order valence-electron chi connectivity index (χ0n) is 23.1. The van der Waals surface area contributed by atoms with E-state index in [0.717, 1.165) is 32.2 Å². The van der Waals surface area contributed by atoms with Gasteiger partial charge in [0.1, 0.15) is 12.6 Å². The molecule has 0 fully saturated rings. The van der Waals surface area contributed by atoms with E-state index >= 15 is 0 Å². The summed E-state index contributed by atoms with van der Waals surface area (Å²) in [6, 6.07) is 19.4. The molecule has 0 heterocycles. The number of nitro groups is 1. The predicted molar refractivity (Wildman–Crippen MR) is 162 cm³/mol. The smallest absolute Gasteiger partial charge is 0.271 e. The molecule has 1 N–H and O–H groups in total. The Morgan fingerprint density at radius 2 is 1.71 bits per heavy atom. The van der Waals surface area contributed by atoms with E-state index in [1.165, 1.54) is 17.0 Å². The molecule has 3 rings (SSSR count). The highest BCUT2D eigenvalue weighted by molar-refractivity contribution is 9.10. The Hall–Kier alpha value is -3.77. The van der Waals surface area contributed by atoms with Crippen molar-refractivity contribution in [3.05, 3.63) is 104 Å². The van der Waals surface area contributed by atoms with Gasteiger partial charge in [-0.2, -0.15) is 0 Å². The molecule has 0 saturated carbocycles. The largest absolute Gasteiger partial charge is 0.354 e. The molecule has 2 amide bonds. The standard InChI is InChI=1S/C29H33BrN4O6S/c1-4-15-31-29(36)27(17-22-9-6-5-7-10-22)32(19-23-11-8-12-24(30)16-23)28(35)20-33(41(3,39)40)26-18-25(34(37)38)14-13-21(26)2/h5-14,16,18,27H,4,15,17,19-20H2,1-3H3,(H,31,36)/t27-/m0/s1. The van der Waals surface area contributed by atoms with E-state index < -0.39 is 33.4 Å². The lowest BCUT2D eigenvalue weighted by atomic mass is 10.0. The highest BCUT2D eigenvalue weighted by Crippen LogP contribution is 2.28. The second-order valence-corrected chi connectivity index (χ2v) is 12.5. The SMILES string of the molecule is CCCNC(=O)[C@H](Cc1ccccc1)N(Cc1cccc(Br)c1)C(=O)CN(c1cc([N+](=O)[O-])ccc1C)S(C)(=O)=O. The Kier molecular flexibility index (Phi) is 11.0. The van der Waals surface area contributed by atoms with Crippen LogP contribution in [0.4, 0.5) is 11.4 Å². The molecule has 0 aliphatic rings. The second-order valence-electron chi connectivity index (χ2n) is 9.65. The number of sulfonamides is 1. The summed E-state index contributed by atoms with van der Waals surface area (Å²) < 4.78 is 27.6. The van der Waals surface area contributed by atoms with Gasteiger partial charge in [-0.25, -0.2) is 8.42 Å². The zero-order valence-corrected chi connectivity index (χ0v) is 25.5. The average Bonchev–Trinajstić information content (AvgIpc) is 2.92. The summed E-state index contributed by atoms with van der Waals surface area (Å²) in [5, 5.41) is 14.3. The van der Waals surface area contributed by atoms with Crippen LogP contribution in [-0.2, 0) is 32.6 Å². The molecule has 1 atom stereocenters. The maximum Gasteiger partial charge on any atom is 0.271 e. The molecule has 10 nitrogen and oxygen atoms in total. The van der Waals surface area contributed by atoms with Gasteiger partial charge in [0.05, 0.1) is 16.9 Å². The number of amides is 2. The fourth-order valence-electron chi connectivity index (χ4n) is 4.33. The van der Waals surface area contributed by atoms with Crippen LogP contribution in [0.2, 0.25) is 0 Å². The van der Waals surface area contributed by atoms with Crippen LogP contribution in [0.3, 0.4) is 0 Å². The Bertz CT molecular complexity index is 1500. The number of nitrogens with zero attached hydrogens (tertiary/aromatic N) is 3. The highest BCUT2D eigenvalue weighted by Gasteiger charge is 2.33. The van der Waals surface area contributed by atoms with E-state index in [9.17, 15) is 28.1 Å². The lowest BCUT2D eigenvalue weighted by Gasteiger charge is -2.33. The molecule has 0 saturated heterocycles. The number of benzene rings is 3. The summed E-state index contributed by atoms with van der Waals surface area (Å²) >= 11 is 3.44. The third-order valence-corrected chi connectivity index (χ3v) is 8.03. The van der Waals surface area contributed by atoms with Gasteiger partial charge in [0.15, 0.2) is 0 Å². The number of anilines is 1. The molecule has 0 aromatic heterocycles. The molecular formula is C29H33BrN4O6S. The van der Waals surface area contributed by atoms with Crippen LogP contribution in [0.15, 0.2) is 77.3 Å². The van der Waals surface area contributed by atoms with E-state index in [1.54, 1.807) is 13.0 Å². The number of nitrogens with one attached hydrogen (secondary N) is 1. The fraction of sp³-hybridized carbons (Fsp3) is 0.310.